The van der Waals surface area contributed by atoms with Crippen LogP contribution in [0.2, 0.25) is 0 Å². The van der Waals surface area contributed by atoms with Crippen LogP contribution in [0.3, 0.4) is 0 Å². The Kier molecular flexibility index (Phi) is 15.8. The topological polar surface area (TPSA) is 55.4 Å². The monoisotopic (exact) mass is 1190 g/mol. The van der Waals surface area contributed by atoms with Crippen molar-refractivity contribution in [1.29, 1.82) is 0 Å². The molecule has 0 radical (unpaired) electrons. The van der Waals surface area contributed by atoms with Crippen molar-refractivity contribution >= 4 is 114 Å². The van der Waals surface area contributed by atoms with E-state index in [1.807, 2.05) is 0 Å². The lowest BCUT2D eigenvalue weighted by molar-refractivity contribution is 0.269. The molecule has 408 valence electrons. The van der Waals surface area contributed by atoms with Crippen LogP contribution in [-0.2, 0) is 24.7 Å². The molecule has 0 N–H and O–H groups in total. The summed E-state index contributed by atoms with van der Waals surface area (Å²) in [5.41, 5.74) is 0. The molecule has 0 saturated carbocycles. The van der Waals surface area contributed by atoms with Gasteiger partial charge in [-0.05, 0) is 62.2 Å². The second-order valence-electron chi connectivity index (χ2n) is 20.7. The summed E-state index contributed by atoms with van der Waals surface area (Å²) < 4.78 is 54.8. The largest absolute Gasteiger partial charge is 0.402 e. The molecule has 1 saturated heterocycles. The van der Waals surface area contributed by atoms with E-state index in [-0.39, 0.29) is 0 Å². The minimum absolute atomic E-state index is 0.866. The van der Waals surface area contributed by atoms with Crippen molar-refractivity contribution in [3.8, 4) is 0 Å². The first kappa shape index (κ1) is 54.9. The van der Waals surface area contributed by atoms with E-state index in [9.17, 15) is 0 Å². The molecule has 6 nitrogen and oxygen atoms in total. The molecule has 1 heterocycles. The number of hydrogen-bond acceptors (Lipinski definition) is 6. The van der Waals surface area contributed by atoms with Crippen molar-refractivity contribution in [2.24, 2.45) is 0 Å². The molecular formula is C72H60O6Si6. The third-order valence-electron chi connectivity index (χ3n) is 15.6. The van der Waals surface area contributed by atoms with Crippen molar-refractivity contribution in [3.05, 3.63) is 364 Å². The predicted octanol–water partition coefficient (Wildman–Crippen LogP) is 7.64. The highest BCUT2D eigenvalue weighted by molar-refractivity contribution is 7.17. The summed E-state index contributed by atoms with van der Waals surface area (Å²) in [6.07, 6.45) is 0. The van der Waals surface area contributed by atoms with Gasteiger partial charge in [-0.2, -0.15) is 0 Å². The molecule has 0 unspecified atom stereocenters. The maximum absolute atomic E-state index is 9.13. The molecular weight excluding hydrogens is 1130 g/mol. The van der Waals surface area contributed by atoms with E-state index < -0.39 is 51.4 Å². The summed E-state index contributed by atoms with van der Waals surface area (Å²) >= 11 is 0. The third kappa shape index (κ3) is 10.2. The first-order valence-electron chi connectivity index (χ1n) is 28.4. The molecule has 0 bridgehead atoms. The number of hydrogen-bond donors (Lipinski definition) is 0. The average molecular weight is 1190 g/mol. The van der Waals surface area contributed by atoms with Crippen LogP contribution in [0.25, 0.3) is 0 Å². The molecule has 12 heteroatoms. The Morgan fingerprint density at radius 3 is 0.250 bits per heavy atom. The zero-order valence-electron chi connectivity index (χ0n) is 46.1. The van der Waals surface area contributed by atoms with Gasteiger partial charge in [-0.25, -0.2) is 0 Å². The van der Waals surface area contributed by atoms with Crippen molar-refractivity contribution in [1.82, 2.24) is 0 Å². The Hall–Kier alpha value is -8.30. The van der Waals surface area contributed by atoms with Gasteiger partial charge in [-0.3, -0.25) is 0 Å². The molecule has 0 aromatic heterocycles. The minimum atomic E-state index is -4.49. The zero-order chi connectivity index (χ0) is 56.6. The molecule has 1 aliphatic rings. The summed E-state index contributed by atoms with van der Waals surface area (Å²) in [7, 11) is -26.9. The second-order valence-corrected chi connectivity index (χ2v) is 39.9. The summed E-state index contributed by atoms with van der Waals surface area (Å²) in [5.74, 6) is 0. The highest BCUT2D eigenvalue weighted by atomic mass is 28.5. The van der Waals surface area contributed by atoms with Gasteiger partial charge in [0.05, 0.1) is 0 Å². The Bertz CT molecular complexity index is 3060. The smallest absolute Gasteiger partial charge is 0.390 e. The van der Waals surface area contributed by atoms with Gasteiger partial charge >= 0.3 is 51.4 Å². The fraction of sp³-hybridized carbons (Fsp3) is 0. The molecule has 0 atom stereocenters. The fourth-order valence-corrected chi connectivity index (χ4v) is 45.5. The Balaban J connectivity index is 1.31. The third-order valence-corrected chi connectivity index (χ3v) is 42.5. The van der Waals surface area contributed by atoms with Gasteiger partial charge in [0.15, 0.2) is 0 Å². The standard InChI is InChI=1S/C72H60O6Si6/c1-13-37-61(38-14-1)79(62-39-15-2-16-40-62)73-80(63-41-17-3-18-42-63,64-43-19-4-20-44-64)75-82(67-49-25-7-26-50-67,68-51-27-8-28-52-68)77-84(71-57-33-11-34-58-71,72-59-35-12-36-60-72)78-83(69-53-29-9-30-54-69,70-55-31-10-32-56-70)76-81(74-79,65-45-21-5-22-46-65)66-47-23-6-24-48-66/h1-60H. The first-order chi connectivity index (χ1) is 41.5. The van der Waals surface area contributed by atoms with Gasteiger partial charge in [-0.15, -0.1) is 0 Å². The van der Waals surface area contributed by atoms with E-state index in [1.54, 1.807) is 0 Å². The second kappa shape index (κ2) is 24.1. The molecule has 12 aromatic carbocycles. The Labute approximate surface area is 499 Å². The lowest BCUT2D eigenvalue weighted by Crippen LogP contribution is -2.88. The maximum atomic E-state index is 9.13. The van der Waals surface area contributed by atoms with Gasteiger partial charge in [-0.1, -0.05) is 364 Å². The van der Waals surface area contributed by atoms with Crippen molar-refractivity contribution in [2.75, 3.05) is 0 Å². The van der Waals surface area contributed by atoms with E-state index in [1.165, 1.54) is 0 Å². The molecule has 84 heavy (non-hydrogen) atoms. The lowest BCUT2D eigenvalue weighted by atomic mass is 10.4. The van der Waals surface area contributed by atoms with E-state index in [2.05, 4.69) is 364 Å². The number of rotatable bonds is 12. The van der Waals surface area contributed by atoms with Gasteiger partial charge < -0.3 is 24.7 Å². The Morgan fingerprint density at radius 2 is 0.179 bits per heavy atom. The van der Waals surface area contributed by atoms with Crippen LogP contribution < -0.4 is 62.2 Å². The van der Waals surface area contributed by atoms with Gasteiger partial charge in [0.1, 0.15) is 0 Å². The normalized spacial score (nSPS) is 16.9. The van der Waals surface area contributed by atoms with Crippen LogP contribution in [-0.4, -0.2) is 51.4 Å². The van der Waals surface area contributed by atoms with Crippen LogP contribution in [0.15, 0.2) is 364 Å². The van der Waals surface area contributed by atoms with Crippen molar-refractivity contribution in [2.45, 2.75) is 0 Å². The fourth-order valence-electron chi connectivity index (χ4n) is 11.6. The predicted molar refractivity (Wildman–Crippen MR) is 354 cm³/mol. The molecule has 0 spiro atoms. The molecule has 0 aliphatic carbocycles. The van der Waals surface area contributed by atoms with E-state index in [0.29, 0.717) is 0 Å². The van der Waals surface area contributed by atoms with Gasteiger partial charge in [0.25, 0.3) is 0 Å². The first-order valence-corrected chi connectivity index (χ1v) is 39.3. The SMILES string of the molecule is c1ccc([Si]2(c3ccccc3)O[Si](c3ccccc3)(c3ccccc3)O[Si](c3ccccc3)(c3ccccc3)O[Si](c3ccccc3)(c3ccccc3)O[Si](c3ccccc3)(c3ccccc3)O[Si](c3ccccc3)(c3ccccc3)O2)cc1. The summed E-state index contributed by atoms with van der Waals surface area (Å²) in [6.45, 7) is 0. The van der Waals surface area contributed by atoms with Crippen LogP contribution >= 0.6 is 0 Å². The number of benzene rings is 12. The molecule has 12 aromatic rings. The Morgan fingerprint density at radius 1 is 0.107 bits per heavy atom. The minimum Gasteiger partial charge on any atom is -0.402 e. The summed E-state index contributed by atoms with van der Waals surface area (Å²) in [6, 6.07) is 127. The van der Waals surface area contributed by atoms with Crippen molar-refractivity contribution < 1.29 is 24.7 Å². The molecule has 13 rings (SSSR count). The van der Waals surface area contributed by atoms with Gasteiger partial charge in [0.2, 0.25) is 0 Å². The van der Waals surface area contributed by atoms with Gasteiger partial charge in [0, 0.05) is 0 Å². The van der Waals surface area contributed by atoms with Crippen LogP contribution in [0.1, 0.15) is 0 Å². The summed E-state index contributed by atoms with van der Waals surface area (Å²) in [5, 5.41) is 10.4. The van der Waals surface area contributed by atoms with Crippen LogP contribution in [0, 0.1) is 0 Å². The van der Waals surface area contributed by atoms with E-state index >= 15 is 0 Å². The summed E-state index contributed by atoms with van der Waals surface area (Å²) in [4.78, 5) is 0. The molecule has 1 fully saturated rings. The lowest BCUT2D eigenvalue weighted by Gasteiger charge is -2.53. The average Bonchev–Trinajstić information content (AvgIpc) is 1.06. The zero-order valence-corrected chi connectivity index (χ0v) is 52.1. The highest BCUT2D eigenvalue weighted by Gasteiger charge is 2.69. The molecule has 0 amide bonds. The van der Waals surface area contributed by atoms with E-state index in [4.69, 9.17) is 24.7 Å². The quantitative estimate of drug-likeness (QED) is 0.117. The van der Waals surface area contributed by atoms with Crippen molar-refractivity contribution in [3.63, 3.8) is 0 Å². The van der Waals surface area contributed by atoms with Crippen LogP contribution in [0.5, 0.6) is 0 Å². The maximum Gasteiger partial charge on any atom is 0.390 e. The highest BCUT2D eigenvalue weighted by Crippen LogP contribution is 2.34. The van der Waals surface area contributed by atoms with E-state index in [0.717, 1.165) is 62.2 Å². The molecule has 1 aliphatic heterocycles. The van der Waals surface area contributed by atoms with Crippen LogP contribution in [0.4, 0.5) is 0 Å².